The number of H-pyrrole nitrogens is 1. The maximum Gasteiger partial charge on any atom is 0.150 e. The summed E-state index contributed by atoms with van der Waals surface area (Å²) in [5.41, 5.74) is 2.62. The van der Waals surface area contributed by atoms with Gasteiger partial charge in [-0.3, -0.25) is 14.9 Å². The quantitative estimate of drug-likeness (QED) is 0.329. The number of hydrogen-bond donors (Lipinski definition) is 1. The van der Waals surface area contributed by atoms with Crippen LogP contribution < -0.4 is 4.74 Å². The molecule has 4 rings (SSSR count). The summed E-state index contributed by atoms with van der Waals surface area (Å²) in [5.74, 6) is 0.0802. The minimum Gasteiger partial charge on any atom is -0.486 e. The van der Waals surface area contributed by atoms with Gasteiger partial charge in [0.2, 0.25) is 0 Å². The van der Waals surface area contributed by atoms with Crippen LogP contribution in [0.4, 0.5) is 4.39 Å². The molecule has 0 saturated heterocycles. The number of halogens is 3. The van der Waals surface area contributed by atoms with E-state index in [1.165, 1.54) is 18.5 Å². The molecule has 2 aromatic carbocycles. The number of carbonyl (C=O) groups is 1. The number of nitrogens with zero attached hydrogens (tertiary/aromatic N) is 2. The Labute approximate surface area is 187 Å². The van der Waals surface area contributed by atoms with Crippen molar-refractivity contribution < 1.29 is 13.9 Å². The smallest absolute Gasteiger partial charge is 0.150 e. The Morgan fingerprint density at radius 2 is 1.84 bits per heavy atom. The molecular formula is C23H16Cl2FN3O2. The van der Waals surface area contributed by atoms with E-state index >= 15 is 0 Å². The molecule has 5 nitrogen and oxygen atoms in total. The van der Waals surface area contributed by atoms with E-state index in [0.29, 0.717) is 49.9 Å². The van der Waals surface area contributed by atoms with Crippen LogP contribution in [0, 0.1) is 0 Å². The summed E-state index contributed by atoms with van der Waals surface area (Å²) in [6.45, 7) is 1.83. The van der Waals surface area contributed by atoms with Gasteiger partial charge in [-0.2, -0.15) is 5.10 Å². The molecule has 0 saturated carbocycles. The Morgan fingerprint density at radius 3 is 2.52 bits per heavy atom. The lowest BCUT2D eigenvalue weighted by Crippen LogP contribution is -2.05. The molecule has 2 aromatic heterocycles. The molecule has 156 valence electrons. The van der Waals surface area contributed by atoms with E-state index in [0.717, 1.165) is 5.52 Å². The lowest BCUT2D eigenvalue weighted by Gasteiger charge is -2.17. The maximum atomic E-state index is 14.7. The predicted octanol–water partition coefficient (Wildman–Crippen LogP) is 6.68. The molecule has 0 aliphatic rings. The molecule has 0 amide bonds. The molecule has 1 atom stereocenters. The van der Waals surface area contributed by atoms with Crippen LogP contribution in [-0.2, 0) is 0 Å². The Hall–Kier alpha value is -3.22. The van der Waals surface area contributed by atoms with Crippen molar-refractivity contribution in [3.8, 4) is 5.75 Å². The monoisotopic (exact) mass is 455 g/mol. The molecule has 0 fully saturated rings. The molecule has 1 unspecified atom stereocenters. The van der Waals surface area contributed by atoms with Crippen molar-refractivity contribution in [2.45, 2.75) is 13.0 Å². The number of pyridine rings is 1. The molecular weight excluding hydrogens is 440 g/mol. The van der Waals surface area contributed by atoms with E-state index in [9.17, 15) is 9.18 Å². The zero-order chi connectivity index (χ0) is 22.0. The number of aldehydes is 1. The third-order valence-corrected chi connectivity index (χ3v) is 5.36. The summed E-state index contributed by atoms with van der Waals surface area (Å²) in [7, 11) is 0. The number of ether oxygens (including phenoxy) is 1. The van der Waals surface area contributed by atoms with Gasteiger partial charge < -0.3 is 4.74 Å². The van der Waals surface area contributed by atoms with Gasteiger partial charge in [0.25, 0.3) is 0 Å². The first-order chi connectivity index (χ1) is 15.0. The summed E-state index contributed by atoms with van der Waals surface area (Å²) in [5, 5.41) is 8.59. The lowest BCUT2D eigenvalue weighted by molar-refractivity contribution is 0.112. The number of fused-ring (bicyclic) bond motifs is 1. The highest BCUT2D eigenvalue weighted by Crippen LogP contribution is 2.33. The highest BCUT2D eigenvalue weighted by molar-refractivity contribution is 6.35. The van der Waals surface area contributed by atoms with Crippen LogP contribution in [0.1, 0.15) is 40.2 Å². The maximum absolute atomic E-state index is 14.7. The number of carbonyl (C=O) groups excluding carboxylic acids is 1. The van der Waals surface area contributed by atoms with Crippen LogP contribution in [0.2, 0.25) is 10.0 Å². The molecule has 31 heavy (non-hydrogen) atoms. The summed E-state index contributed by atoms with van der Waals surface area (Å²) in [6, 6.07) is 11.6. The van der Waals surface area contributed by atoms with Gasteiger partial charge in [-0.1, -0.05) is 47.5 Å². The number of rotatable bonds is 6. The van der Waals surface area contributed by atoms with E-state index in [4.69, 9.17) is 27.9 Å². The van der Waals surface area contributed by atoms with E-state index in [1.54, 1.807) is 42.5 Å². The van der Waals surface area contributed by atoms with Crippen LogP contribution in [0.25, 0.3) is 22.8 Å². The Bertz CT molecular complexity index is 1270. The van der Waals surface area contributed by atoms with Gasteiger partial charge >= 0.3 is 0 Å². The van der Waals surface area contributed by atoms with Crippen molar-refractivity contribution in [2.75, 3.05) is 0 Å². The molecule has 2 heterocycles. The number of aromatic nitrogens is 3. The predicted molar refractivity (Wildman–Crippen MR) is 120 cm³/mol. The average molecular weight is 456 g/mol. The molecule has 0 bridgehead atoms. The summed E-state index contributed by atoms with van der Waals surface area (Å²) in [6.07, 6.45) is 4.63. The fourth-order valence-electron chi connectivity index (χ4n) is 3.19. The van der Waals surface area contributed by atoms with Gasteiger partial charge in [-0.25, -0.2) is 4.39 Å². The first kappa shape index (κ1) is 21.0. The topological polar surface area (TPSA) is 67.9 Å². The average Bonchev–Trinajstić information content (AvgIpc) is 3.15. The van der Waals surface area contributed by atoms with Crippen LogP contribution >= 0.6 is 23.2 Å². The van der Waals surface area contributed by atoms with Crippen molar-refractivity contribution in [1.82, 2.24) is 15.2 Å². The summed E-state index contributed by atoms with van der Waals surface area (Å²) in [4.78, 5) is 14.7. The number of benzene rings is 2. The molecule has 1 N–H and O–H groups in total. The van der Waals surface area contributed by atoms with Gasteiger partial charge in [0.1, 0.15) is 24.0 Å². The lowest BCUT2D eigenvalue weighted by atomic mass is 10.1. The summed E-state index contributed by atoms with van der Waals surface area (Å²) >= 11 is 12.4. The normalized spacial score (nSPS) is 12.7. The first-order valence-corrected chi connectivity index (χ1v) is 10.1. The number of hydrogen-bond acceptors (Lipinski definition) is 4. The molecule has 8 heteroatoms. The van der Waals surface area contributed by atoms with E-state index in [-0.39, 0.29) is 0 Å². The molecule has 0 aliphatic carbocycles. The van der Waals surface area contributed by atoms with Crippen molar-refractivity contribution in [1.29, 1.82) is 0 Å². The van der Waals surface area contributed by atoms with Crippen LogP contribution in [0.3, 0.4) is 0 Å². The van der Waals surface area contributed by atoms with E-state index in [2.05, 4.69) is 15.2 Å². The SMILES string of the molecule is CC(Oc1ccc2[nH]nc(/C=C(\F)c3ccc(C=O)cc3)c2c1)c1c(Cl)cncc1Cl. The van der Waals surface area contributed by atoms with Crippen molar-refractivity contribution in [2.24, 2.45) is 0 Å². The number of nitrogens with one attached hydrogen (secondary N) is 1. The minimum atomic E-state index is -0.471. The molecule has 0 spiro atoms. The minimum absolute atomic E-state index is 0.352. The molecule has 0 aliphatic heterocycles. The van der Waals surface area contributed by atoms with Gasteiger partial charge in [0.05, 0.1) is 21.3 Å². The third kappa shape index (κ3) is 4.45. The van der Waals surface area contributed by atoms with Gasteiger partial charge in [0.15, 0.2) is 0 Å². The highest BCUT2D eigenvalue weighted by Gasteiger charge is 2.17. The Kier molecular flexibility index (Phi) is 6.02. The third-order valence-electron chi connectivity index (χ3n) is 4.76. The Morgan fingerprint density at radius 1 is 1.13 bits per heavy atom. The second kappa shape index (κ2) is 8.88. The fourth-order valence-corrected chi connectivity index (χ4v) is 3.87. The second-order valence-corrected chi connectivity index (χ2v) is 7.64. The van der Waals surface area contributed by atoms with E-state index in [1.807, 2.05) is 6.92 Å². The van der Waals surface area contributed by atoms with Crippen molar-refractivity contribution >= 4 is 52.3 Å². The molecule has 4 aromatic rings. The van der Waals surface area contributed by atoms with E-state index < -0.39 is 11.9 Å². The van der Waals surface area contributed by atoms with Gasteiger partial charge in [-0.05, 0) is 25.1 Å². The van der Waals surface area contributed by atoms with Gasteiger partial charge in [-0.15, -0.1) is 0 Å². The second-order valence-electron chi connectivity index (χ2n) is 6.83. The first-order valence-electron chi connectivity index (χ1n) is 9.32. The highest BCUT2D eigenvalue weighted by atomic mass is 35.5. The zero-order valence-corrected chi connectivity index (χ0v) is 17.8. The largest absolute Gasteiger partial charge is 0.486 e. The standard InChI is InChI=1S/C23H16Cl2FN3O2/c1-13(23-18(24)10-27-11-19(23)25)31-16-6-7-21-17(8-16)22(29-28-21)9-20(26)15-4-2-14(12-30)3-5-15/h2-13H,1H3,(H,28,29)/b20-9-. The zero-order valence-electron chi connectivity index (χ0n) is 16.3. The van der Waals surface area contributed by atoms with Gasteiger partial charge in [0, 0.05) is 40.5 Å². The fraction of sp³-hybridized carbons (Fsp3) is 0.0870. The van der Waals surface area contributed by atoms with Crippen LogP contribution in [0.5, 0.6) is 5.75 Å². The Balaban J connectivity index is 1.63. The van der Waals surface area contributed by atoms with Crippen LogP contribution in [0.15, 0.2) is 54.9 Å². The molecule has 0 radical (unpaired) electrons. The van der Waals surface area contributed by atoms with Crippen molar-refractivity contribution in [3.05, 3.63) is 87.3 Å². The van der Waals surface area contributed by atoms with Crippen molar-refractivity contribution in [3.63, 3.8) is 0 Å². The number of aromatic amines is 1. The van der Waals surface area contributed by atoms with Crippen LogP contribution in [-0.4, -0.2) is 21.5 Å². The summed E-state index contributed by atoms with van der Waals surface area (Å²) < 4.78 is 20.8.